The molecule has 0 amide bonds. The fraction of sp³-hybridized carbons (Fsp3) is 1.00. The largest absolute Gasteiger partial charge is 0.375 e. The Morgan fingerprint density at radius 2 is 1.65 bits per heavy atom. The Bertz CT molecular complexity index is 241. The Kier molecular flexibility index (Phi) is 9.69. The zero-order chi connectivity index (χ0) is 15.6. The molecule has 0 aromatic carbocycles. The summed E-state index contributed by atoms with van der Waals surface area (Å²) in [7, 11) is 0. The van der Waals surface area contributed by atoms with Gasteiger partial charge in [0.25, 0.3) is 0 Å². The highest BCUT2D eigenvalue weighted by atomic mass is 16.5. The number of hydrogen-bond donors (Lipinski definition) is 1. The Morgan fingerprint density at radius 3 is 2.15 bits per heavy atom. The second kappa shape index (κ2) is 9.75. The monoisotopic (exact) mass is 287 g/mol. The summed E-state index contributed by atoms with van der Waals surface area (Å²) < 4.78 is 12.1. The lowest BCUT2D eigenvalue weighted by Gasteiger charge is -2.32. The average Bonchev–Trinajstić information content (AvgIpc) is 2.37. The number of nitrogens with one attached hydrogen (secondary N) is 1. The van der Waals surface area contributed by atoms with Crippen LogP contribution in [0.1, 0.15) is 74.1 Å². The molecule has 122 valence electrons. The van der Waals surface area contributed by atoms with Crippen molar-refractivity contribution in [1.82, 2.24) is 5.32 Å². The molecule has 3 heteroatoms. The molecule has 0 aliphatic heterocycles. The molecule has 0 saturated heterocycles. The fourth-order valence-electron chi connectivity index (χ4n) is 1.86. The summed E-state index contributed by atoms with van der Waals surface area (Å²) in [6.07, 6.45) is 4.31. The zero-order valence-corrected chi connectivity index (χ0v) is 14.8. The first-order chi connectivity index (χ1) is 9.24. The van der Waals surface area contributed by atoms with E-state index in [-0.39, 0.29) is 11.2 Å². The second-order valence-electron chi connectivity index (χ2n) is 6.90. The van der Waals surface area contributed by atoms with Gasteiger partial charge in [-0.15, -0.1) is 0 Å². The molecule has 20 heavy (non-hydrogen) atoms. The minimum atomic E-state index is -0.123. The molecule has 3 nitrogen and oxygen atoms in total. The lowest BCUT2D eigenvalue weighted by Crippen LogP contribution is -2.41. The van der Waals surface area contributed by atoms with Crippen molar-refractivity contribution in [2.75, 3.05) is 19.8 Å². The summed E-state index contributed by atoms with van der Waals surface area (Å²) in [5, 5.41) is 3.43. The van der Waals surface area contributed by atoms with Crippen molar-refractivity contribution in [2.45, 2.75) is 91.4 Å². The third-order valence-electron chi connectivity index (χ3n) is 3.76. The SMILES string of the molecule is CCCCOC(C)(CC)CCOC(C)(C)CNC(C)C. The minimum absolute atomic E-state index is 0.0449. The second-order valence-corrected chi connectivity index (χ2v) is 6.90. The van der Waals surface area contributed by atoms with Crippen LogP contribution in [0.5, 0.6) is 0 Å². The molecule has 1 atom stereocenters. The van der Waals surface area contributed by atoms with Crippen LogP contribution in [0.4, 0.5) is 0 Å². The van der Waals surface area contributed by atoms with Crippen molar-refractivity contribution in [3.63, 3.8) is 0 Å². The van der Waals surface area contributed by atoms with Crippen molar-refractivity contribution in [3.05, 3.63) is 0 Å². The van der Waals surface area contributed by atoms with Crippen molar-refractivity contribution in [3.8, 4) is 0 Å². The van der Waals surface area contributed by atoms with Crippen LogP contribution < -0.4 is 5.32 Å². The molecule has 0 fully saturated rings. The smallest absolute Gasteiger partial charge is 0.0750 e. The number of unbranched alkanes of at least 4 members (excludes halogenated alkanes) is 1. The first-order valence-corrected chi connectivity index (χ1v) is 8.26. The number of rotatable bonds is 12. The highest BCUT2D eigenvalue weighted by Gasteiger charge is 2.25. The quantitative estimate of drug-likeness (QED) is 0.547. The van der Waals surface area contributed by atoms with Crippen molar-refractivity contribution >= 4 is 0 Å². The predicted molar refractivity (Wildman–Crippen MR) is 87.3 cm³/mol. The summed E-state index contributed by atoms with van der Waals surface area (Å²) in [5.74, 6) is 0. The van der Waals surface area contributed by atoms with E-state index in [9.17, 15) is 0 Å². The third-order valence-corrected chi connectivity index (χ3v) is 3.76. The van der Waals surface area contributed by atoms with Crippen LogP contribution in [0, 0.1) is 0 Å². The van der Waals surface area contributed by atoms with E-state index in [1.165, 1.54) is 6.42 Å². The van der Waals surface area contributed by atoms with E-state index >= 15 is 0 Å². The Balaban J connectivity index is 4.04. The van der Waals surface area contributed by atoms with Gasteiger partial charge in [0.05, 0.1) is 17.8 Å². The van der Waals surface area contributed by atoms with Gasteiger partial charge < -0.3 is 14.8 Å². The van der Waals surface area contributed by atoms with Crippen LogP contribution in [0.3, 0.4) is 0 Å². The van der Waals surface area contributed by atoms with E-state index < -0.39 is 0 Å². The molecule has 0 spiro atoms. The molecule has 1 N–H and O–H groups in total. The topological polar surface area (TPSA) is 30.5 Å². The van der Waals surface area contributed by atoms with E-state index in [0.717, 1.165) is 39.0 Å². The molecule has 0 radical (unpaired) electrons. The zero-order valence-electron chi connectivity index (χ0n) is 14.8. The molecular formula is C17H37NO2. The van der Waals surface area contributed by atoms with Crippen molar-refractivity contribution < 1.29 is 9.47 Å². The summed E-state index contributed by atoms with van der Waals surface area (Å²) in [6.45, 7) is 17.7. The summed E-state index contributed by atoms with van der Waals surface area (Å²) in [5.41, 5.74) is -0.168. The normalized spacial score (nSPS) is 15.6. The van der Waals surface area contributed by atoms with Gasteiger partial charge in [0.2, 0.25) is 0 Å². The maximum atomic E-state index is 6.04. The maximum Gasteiger partial charge on any atom is 0.0750 e. The molecular weight excluding hydrogens is 250 g/mol. The van der Waals surface area contributed by atoms with Gasteiger partial charge in [0.1, 0.15) is 0 Å². The van der Waals surface area contributed by atoms with Gasteiger partial charge >= 0.3 is 0 Å². The first kappa shape index (κ1) is 19.9. The van der Waals surface area contributed by atoms with E-state index in [1.54, 1.807) is 0 Å². The Labute approximate surface area is 126 Å². The summed E-state index contributed by atoms with van der Waals surface area (Å²) in [6, 6.07) is 0.496. The first-order valence-electron chi connectivity index (χ1n) is 8.26. The van der Waals surface area contributed by atoms with Crippen LogP contribution in [-0.2, 0) is 9.47 Å². The fourth-order valence-corrected chi connectivity index (χ4v) is 1.86. The van der Waals surface area contributed by atoms with Gasteiger partial charge in [0, 0.05) is 19.2 Å². The molecule has 0 rings (SSSR count). The van der Waals surface area contributed by atoms with E-state index in [4.69, 9.17) is 9.47 Å². The highest BCUT2D eigenvalue weighted by Crippen LogP contribution is 2.22. The molecule has 1 unspecified atom stereocenters. The molecule has 0 saturated carbocycles. The van der Waals surface area contributed by atoms with Crippen molar-refractivity contribution in [2.24, 2.45) is 0 Å². The highest BCUT2D eigenvalue weighted by molar-refractivity contribution is 4.77. The molecule has 0 aromatic heterocycles. The van der Waals surface area contributed by atoms with Gasteiger partial charge in [-0.3, -0.25) is 0 Å². The number of hydrogen-bond acceptors (Lipinski definition) is 3. The van der Waals surface area contributed by atoms with Gasteiger partial charge in [-0.2, -0.15) is 0 Å². The average molecular weight is 287 g/mol. The van der Waals surface area contributed by atoms with Gasteiger partial charge in [-0.05, 0) is 40.0 Å². The van der Waals surface area contributed by atoms with Crippen LogP contribution in [0.2, 0.25) is 0 Å². The van der Waals surface area contributed by atoms with Crippen LogP contribution in [0.25, 0.3) is 0 Å². The molecule has 0 aliphatic rings. The molecule has 0 aliphatic carbocycles. The minimum Gasteiger partial charge on any atom is -0.375 e. The predicted octanol–water partition coefficient (Wildman–Crippen LogP) is 4.16. The lowest BCUT2D eigenvalue weighted by atomic mass is 9.99. The van der Waals surface area contributed by atoms with Crippen LogP contribution in [0.15, 0.2) is 0 Å². The van der Waals surface area contributed by atoms with Gasteiger partial charge in [-0.1, -0.05) is 34.1 Å². The maximum absolute atomic E-state index is 6.04. The standard InChI is InChI=1S/C17H37NO2/c1-8-10-12-20-17(7,9-2)11-13-19-16(5,6)14-18-15(3)4/h15,18H,8-14H2,1-7H3. The Morgan fingerprint density at radius 1 is 1.00 bits per heavy atom. The number of ether oxygens (including phenoxy) is 2. The van der Waals surface area contributed by atoms with Crippen molar-refractivity contribution in [1.29, 1.82) is 0 Å². The Hall–Kier alpha value is -0.120. The molecule has 0 aromatic rings. The van der Waals surface area contributed by atoms with Crippen LogP contribution >= 0.6 is 0 Å². The van der Waals surface area contributed by atoms with Gasteiger partial charge in [-0.25, -0.2) is 0 Å². The van der Waals surface area contributed by atoms with E-state index in [0.29, 0.717) is 6.04 Å². The summed E-state index contributed by atoms with van der Waals surface area (Å²) >= 11 is 0. The lowest BCUT2D eigenvalue weighted by molar-refractivity contribution is -0.0818. The van der Waals surface area contributed by atoms with Crippen LogP contribution in [-0.4, -0.2) is 37.0 Å². The third kappa shape index (κ3) is 9.73. The van der Waals surface area contributed by atoms with E-state index in [2.05, 4.69) is 53.8 Å². The van der Waals surface area contributed by atoms with Gasteiger partial charge in [0.15, 0.2) is 0 Å². The van der Waals surface area contributed by atoms with E-state index in [1.807, 2.05) is 0 Å². The molecule has 0 heterocycles. The molecule has 0 bridgehead atoms. The summed E-state index contributed by atoms with van der Waals surface area (Å²) in [4.78, 5) is 0.